The molecule has 1 aliphatic heterocycles. The number of benzene rings is 2. The van der Waals surface area contributed by atoms with E-state index >= 15 is 0 Å². The lowest BCUT2D eigenvalue weighted by Gasteiger charge is -2.34. The summed E-state index contributed by atoms with van der Waals surface area (Å²) in [4.78, 5) is 14.0. The minimum absolute atomic E-state index is 0.101. The minimum Gasteiger partial charge on any atom is -0.497 e. The Balaban J connectivity index is 1.74. The molecule has 6 nitrogen and oxygen atoms in total. The number of carbonyl (C=O) groups is 1. The highest BCUT2D eigenvalue weighted by Gasteiger charge is 2.32. The number of sulfonamides is 1. The summed E-state index contributed by atoms with van der Waals surface area (Å²) in [5.41, 5.74) is 0.444. The highest BCUT2D eigenvalue weighted by Crippen LogP contribution is 2.25. The Bertz CT molecular complexity index is 960. The molecule has 1 heterocycles. The molecule has 0 radical (unpaired) electrons. The Morgan fingerprint density at radius 2 is 1.78 bits per heavy atom. The normalized spacial score (nSPS) is 15.6. The molecule has 27 heavy (non-hydrogen) atoms. The van der Waals surface area contributed by atoms with Gasteiger partial charge in [0.05, 0.1) is 12.7 Å². The van der Waals surface area contributed by atoms with Gasteiger partial charge in [0.2, 0.25) is 10.0 Å². The van der Waals surface area contributed by atoms with Crippen molar-refractivity contribution in [2.24, 2.45) is 0 Å². The molecule has 2 aromatic carbocycles. The third-order valence-corrected chi connectivity index (χ3v) is 7.01. The smallest absolute Gasteiger partial charge is 0.255 e. The summed E-state index contributed by atoms with van der Waals surface area (Å²) in [6.45, 7) is 0.639. The van der Waals surface area contributed by atoms with Crippen molar-refractivity contribution in [1.82, 2.24) is 9.21 Å². The third kappa shape index (κ3) is 3.99. The van der Waals surface area contributed by atoms with Gasteiger partial charge in [0.15, 0.2) is 0 Å². The monoisotopic (exact) mass is 456 g/mol. The van der Waals surface area contributed by atoms with Gasteiger partial charge in [-0.2, -0.15) is 4.31 Å². The molecular formula is C18H18BrFN2O4S. The number of methoxy groups -OCH3 is 1. The van der Waals surface area contributed by atoms with Crippen LogP contribution >= 0.6 is 15.9 Å². The number of piperazine rings is 1. The third-order valence-electron chi connectivity index (χ3n) is 4.38. The molecule has 1 fully saturated rings. The van der Waals surface area contributed by atoms with Gasteiger partial charge in [-0.25, -0.2) is 12.8 Å². The van der Waals surface area contributed by atoms with Crippen molar-refractivity contribution >= 4 is 31.9 Å². The van der Waals surface area contributed by atoms with E-state index in [1.165, 1.54) is 29.6 Å². The van der Waals surface area contributed by atoms with E-state index in [0.717, 1.165) is 6.07 Å². The average Bonchev–Trinajstić information content (AvgIpc) is 2.68. The Hall–Kier alpha value is -1.97. The van der Waals surface area contributed by atoms with Crippen molar-refractivity contribution < 1.29 is 22.3 Å². The maximum Gasteiger partial charge on any atom is 0.255 e. The number of nitrogens with zero attached hydrogens (tertiary/aromatic N) is 2. The number of amides is 1. The molecule has 144 valence electrons. The van der Waals surface area contributed by atoms with Gasteiger partial charge in [0, 0.05) is 30.7 Å². The lowest BCUT2D eigenvalue weighted by Crippen LogP contribution is -2.50. The first-order valence-electron chi connectivity index (χ1n) is 8.22. The van der Waals surface area contributed by atoms with E-state index in [-0.39, 0.29) is 37.0 Å². The van der Waals surface area contributed by atoms with Crippen molar-refractivity contribution in [3.05, 3.63) is 58.3 Å². The predicted molar refractivity (Wildman–Crippen MR) is 102 cm³/mol. The van der Waals surface area contributed by atoms with E-state index in [0.29, 0.717) is 15.8 Å². The maximum atomic E-state index is 13.9. The van der Waals surface area contributed by atoms with Crippen LogP contribution in [0.4, 0.5) is 4.39 Å². The highest BCUT2D eigenvalue weighted by atomic mass is 79.9. The van der Waals surface area contributed by atoms with E-state index in [1.54, 1.807) is 23.1 Å². The standard InChI is InChI=1S/C18H18BrFN2O4S/c1-26-13-6-7-15(19)14(12-13)18(23)21-8-10-22(11-9-21)27(24,25)17-5-3-2-4-16(17)20/h2-7,12H,8-11H2,1H3. The van der Waals surface area contributed by atoms with Crippen molar-refractivity contribution in [1.29, 1.82) is 0 Å². The van der Waals surface area contributed by atoms with Crippen molar-refractivity contribution in [2.45, 2.75) is 4.90 Å². The maximum absolute atomic E-state index is 13.9. The molecular weight excluding hydrogens is 439 g/mol. The van der Waals surface area contributed by atoms with Gasteiger partial charge in [-0.15, -0.1) is 0 Å². The van der Waals surface area contributed by atoms with Gasteiger partial charge in [-0.1, -0.05) is 12.1 Å². The Labute approximate surface area is 165 Å². The molecule has 1 amide bonds. The molecule has 0 spiro atoms. The number of halogens is 2. The van der Waals surface area contributed by atoms with Gasteiger partial charge in [-0.05, 0) is 46.3 Å². The lowest BCUT2D eigenvalue weighted by molar-refractivity contribution is 0.0696. The zero-order valence-corrected chi connectivity index (χ0v) is 17.0. The van der Waals surface area contributed by atoms with Crippen LogP contribution in [-0.2, 0) is 10.0 Å². The first-order valence-corrected chi connectivity index (χ1v) is 10.5. The quantitative estimate of drug-likeness (QED) is 0.709. The number of hydrogen-bond donors (Lipinski definition) is 0. The largest absolute Gasteiger partial charge is 0.497 e. The second-order valence-electron chi connectivity index (χ2n) is 5.97. The van der Waals surface area contributed by atoms with Gasteiger partial charge in [-0.3, -0.25) is 4.79 Å². The minimum atomic E-state index is -3.93. The van der Waals surface area contributed by atoms with E-state index in [4.69, 9.17) is 4.74 Å². The Morgan fingerprint density at radius 3 is 2.41 bits per heavy atom. The first-order chi connectivity index (χ1) is 12.8. The van der Waals surface area contributed by atoms with Gasteiger partial charge in [0.25, 0.3) is 5.91 Å². The molecule has 0 saturated carbocycles. The topological polar surface area (TPSA) is 66.9 Å². The molecule has 0 bridgehead atoms. The van der Waals surface area contributed by atoms with Crippen LogP contribution in [0.3, 0.4) is 0 Å². The number of carbonyl (C=O) groups excluding carboxylic acids is 1. The summed E-state index contributed by atoms with van der Waals surface area (Å²) >= 11 is 3.36. The van der Waals surface area contributed by atoms with Crippen LogP contribution in [0, 0.1) is 5.82 Å². The predicted octanol–water partition coefficient (Wildman–Crippen LogP) is 2.74. The summed E-state index contributed by atoms with van der Waals surface area (Å²) in [5, 5.41) is 0. The molecule has 0 atom stereocenters. The lowest BCUT2D eigenvalue weighted by atomic mass is 10.1. The SMILES string of the molecule is COc1ccc(Br)c(C(=O)N2CCN(S(=O)(=O)c3ccccc3F)CC2)c1. The second-order valence-corrected chi connectivity index (χ2v) is 8.73. The Kier molecular flexibility index (Phi) is 5.83. The average molecular weight is 457 g/mol. The zero-order valence-electron chi connectivity index (χ0n) is 14.6. The van der Waals surface area contributed by atoms with E-state index < -0.39 is 15.8 Å². The van der Waals surface area contributed by atoms with Gasteiger partial charge in [0.1, 0.15) is 16.5 Å². The van der Waals surface area contributed by atoms with Gasteiger partial charge < -0.3 is 9.64 Å². The van der Waals surface area contributed by atoms with Crippen molar-refractivity contribution in [3.63, 3.8) is 0 Å². The molecule has 1 aliphatic rings. The molecule has 9 heteroatoms. The molecule has 0 unspecified atom stereocenters. The van der Waals surface area contributed by atoms with Crippen LogP contribution in [0.5, 0.6) is 5.75 Å². The van der Waals surface area contributed by atoms with Crippen molar-refractivity contribution in [3.8, 4) is 5.75 Å². The number of ether oxygens (including phenoxy) is 1. The molecule has 0 N–H and O–H groups in total. The summed E-state index contributed by atoms with van der Waals surface area (Å²) in [5.74, 6) is -0.442. The van der Waals surface area contributed by atoms with Crippen LogP contribution in [0.25, 0.3) is 0 Å². The van der Waals surface area contributed by atoms with Crippen molar-refractivity contribution in [2.75, 3.05) is 33.3 Å². The van der Waals surface area contributed by atoms with Crippen LogP contribution in [0.2, 0.25) is 0 Å². The van der Waals surface area contributed by atoms with E-state index in [9.17, 15) is 17.6 Å². The van der Waals surface area contributed by atoms with Crippen LogP contribution < -0.4 is 4.74 Å². The summed E-state index contributed by atoms with van der Waals surface area (Å²) in [7, 11) is -2.42. The fraction of sp³-hybridized carbons (Fsp3) is 0.278. The summed E-state index contributed by atoms with van der Waals surface area (Å²) < 4.78 is 46.2. The molecule has 1 saturated heterocycles. The number of hydrogen-bond acceptors (Lipinski definition) is 4. The molecule has 3 rings (SSSR count). The summed E-state index contributed by atoms with van der Waals surface area (Å²) in [6.07, 6.45) is 0. The fourth-order valence-corrected chi connectivity index (χ4v) is 4.79. The Morgan fingerprint density at radius 1 is 1.11 bits per heavy atom. The number of rotatable bonds is 4. The summed E-state index contributed by atoms with van der Waals surface area (Å²) in [6, 6.07) is 10.4. The van der Waals surface area contributed by atoms with E-state index in [2.05, 4.69) is 15.9 Å². The van der Waals surface area contributed by atoms with Crippen LogP contribution in [-0.4, -0.2) is 56.8 Å². The van der Waals surface area contributed by atoms with Crippen LogP contribution in [0.15, 0.2) is 51.8 Å². The molecule has 0 aromatic heterocycles. The molecule has 2 aromatic rings. The molecule has 0 aliphatic carbocycles. The first kappa shape index (κ1) is 19.8. The van der Waals surface area contributed by atoms with Crippen LogP contribution in [0.1, 0.15) is 10.4 Å². The van der Waals surface area contributed by atoms with Gasteiger partial charge >= 0.3 is 0 Å². The second kappa shape index (κ2) is 7.95. The zero-order chi connectivity index (χ0) is 19.6. The highest BCUT2D eigenvalue weighted by molar-refractivity contribution is 9.10. The fourth-order valence-electron chi connectivity index (χ4n) is 2.89. The van der Waals surface area contributed by atoms with E-state index in [1.807, 2.05) is 0 Å².